The van der Waals surface area contributed by atoms with Gasteiger partial charge < -0.3 is 15.0 Å². The Balaban J connectivity index is 0.000000362. The van der Waals surface area contributed by atoms with E-state index in [2.05, 4.69) is 52.1 Å². The zero-order valence-electron chi connectivity index (χ0n) is 30.1. The maximum Gasteiger partial charge on any atom is 0.416 e. The molecule has 5 nitrogen and oxygen atoms in total. The van der Waals surface area contributed by atoms with Gasteiger partial charge in [-0.2, -0.15) is 13.2 Å². The van der Waals surface area contributed by atoms with Gasteiger partial charge in [-0.15, -0.1) is 11.3 Å². The van der Waals surface area contributed by atoms with E-state index in [1.54, 1.807) is 36.3 Å². The first kappa shape index (κ1) is 40.7. The van der Waals surface area contributed by atoms with Crippen molar-refractivity contribution >= 4 is 28.8 Å². The Morgan fingerprint density at radius 3 is 2.25 bits per heavy atom. The number of hydrogen-bond donors (Lipinski definition) is 1. The molecule has 1 saturated heterocycles. The lowest BCUT2D eigenvalue weighted by molar-refractivity contribution is -0.137. The number of nitrogens with one attached hydrogen (secondary N) is 1. The molecule has 1 fully saturated rings. The van der Waals surface area contributed by atoms with Crippen LogP contribution in [-0.2, 0) is 35.1 Å². The van der Waals surface area contributed by atoms with Gasteiger partial charge in [0, 0.05) is 33.5 Å². The molecule has 2 amide bonds. The molecular weight excluding hydrogens is 634 g/mol. The lowest BCUT2D eigenvalue weighted by Gasteiger charge is -2.37. The smallest absolute Gasteiger partial charge is 0.380 e. The number of thiophene rings is 1. The third-order valence-electron chi connectivity index (χ3n) is 8.43. The summed E-state index contributed by atoms with van der Waals surface area (Å²) in [5.41, 5.74) is 5.11. The summed E-state index contributed by atoms with van der Waals surface area (Å²) in [6, 6.07) is 3.61. The van der Waals surface area contributed by atoms with Gasteiger partial charge in [0.15, 0.2) is 0 Å². The van der Waals surface area contributed by atoms with Gasteiger partial charge in [0.05, 0.1) is 30.9 Å². The lowest BCUT2D eigenvalue weighted by Crippen LogP contribution is -2.39. The number of halogens is 3. The first-order chi connectivity index (χ1) is 22.6. The third-order valence-corrected chi connectivity index (χ3v) is 9.44. The van der Waals surface area contributed by atoms with Crippen molar-refractivity contribution in [3.05, 3.63) is 97.8 Å². The van der Waals surface area contributed by atoms with Crippen molar-refractivity contribution in [3.63, 3.8) is 0 Å². The van der Waals surface area contributed by atoms with Gasteiger partial charge in [-0.1, -0.05) is 68.7 Å². The second kappa shape index (κ2) is 18.9. The van der Waals surface area contributed by atoms with Crippen molar-refractivity contribution in [2.24, 2.45) is 5.41 Å². The molecule has 1 aromatic heterocycles. The number of alkyl halides is 3. The fraction of sp³-hybridized carbons (Fsp3) is 0.487. The highest BCUT2D eigenvalue weighted by Gasteiger charge is 2.32. The molecule has 48 heavy (non-hydrogen) atoms. The molecule has 3 heterocycles. The predicted molar refractivity (Wildman–Crippen MR) is 193 cm³/mol. The molecule has 0 unspecified atom stereocenters. The Labute approximate surface area is 289 Å². The third kappa shape index (κ3) is 12.2. The number of aryl methyl sites for hydroxylation is 1. The van der Waals surface area contributed by atoms with Crippen molar-refractivity contribution in [1.29, 1.82) is 0 Å². The van der Waals surface area contributed by atoms with Crippen LogP contribution in [0.3, 0.4) is 0 Å². The second-order valence-corrected chi connectivity index (χ2v) is 13.8. The summed E-state index contributed by atoms with van der Waals surface area (Å²) in [6.07, 6.45) is 9.10. The molecule has 0 atom stereocenters. The molecule has 9 heteroatoms. The Kier molecular flexibility index (Phi) is 16.1. The summed E-state index contributed by atoms with van der Waals surface area (Å²) >= 11 is 1.39. The van der Waals surface area contributed by atoms with Gasteiger partial charge in [-0.05, 0) is 90.1 Å². The van der Waals surface area contributed by atoms with E-state index in [1.807, 2.05) is 26.0 Å². The number of allylic oxidation sites excluding steroid dienone is 7. The van der Waals surface area contributed by atoms with Crippen molar-refractivity contribution in [2.45, 2.75) is 101 Å². The highest BCUT2D eigenvalue weighted by Crippen LogP contribution is 2.34. The fourth-order valence-corrected chi connectivity index (χ4v) is 6.17. The van der Waals surface area contributed by atoms with Gasteiger partial charge in [0.2, 0.25) is 5.91 Å². The molecular formula is C39H53F3N2O3S. The number of rotatable bonds is 8. The minimum atomic E-state index is -4.48. The zero-order valence-corrected chi connectivity index (χ0v) is 30.9. The number of benzene rings is 1. The van der Waals surface area contributed by atoms with Crippen LogP contribution < -0.4 is 5.32 Å². The van der Waals surface area contributed by atoms with Crippen molar-refractivity contribution in [2.75, 3.05) is 25.1 Å². The van der Waals surface area contributed by atoms with Gasteiger partial charge in [-0.25, -0.2) is 0 Å². The molecule has 0 aliphatic carbocycles. The van der Waals surface area contributed by atoms with Crippen LogP contribution in [0.5, 0.6) is 0 Å². The molecule has 2 aromatic rings. The Hall–Kier alpha value is -3.43. The average molecular weight is 687 g/mol. The first-order valence-corrected chi connectivity index (χ1v) is 17.5. The number of anilines is 1. The summed E-state index contributed by atoms with van der Waals surface area (Å²) in [6.45, 7) is 21.1. The molecule has 0 spiro atoms. The number of carbonyl (C=O) groups excluding carboxylic acids is 2. The SMILES string of the molecule is C/C=C(\C)C(=O)N1CCc2c(C(=O)Nc3cc(CC)cc(C(F)(F)F)c3)csc2C1.C/C=C\C=C/C(C)=C(C)C.CCCC1(C)COC1. The monoisotopic (exact) mass is 686 g/mol. The number of hydrogen-bond acceptors (Lipinski definition) is 4. The van der Waals surface area contributed by atoms with Gasteiger partial charge in [0.1, 0.15) is 0 Å². The van der Waals surface area contributed by atoms with E-state index in [4.69, 9.17) is 4.74 Å². The predicted octanol–water partition coefficient (Wildman–Crippen LogP) is 10.7. The van der Waals surface area contributed by atoms with E-state index in [9.17, 15) is 22.8 Å². The molecule has 2 aliphatic rings. The molecule has 1 N–H and O–H groups in total. The van der Waals surface area contributed by atoms with Crippen molar-refractivity contribution in [1.82, 2.24) is 4.90 Å². The summed E-state index contributed by atoms with van der Waals surface area (Å²) in [7, 11) is 0. The van der Waals surface area contributed by atoms with Gasteiger partial charge in [-0.3, -0.25) is 9.59 Å². The summed E-state index contributed by atoms with van der Waals surface area (Å²) < 4.78 is 44.6. The van der Waals surface area contributed by atoms with Crippen molar-refractivity contribution < 1.29 is 27.5 Å². The summed E-state index contributed by atoms with van der Waals surface area (Å²) in [5, 5.41) is 4.33. The maximum atomic E-state index is 13.2. The summed E-state index contributed by atoms with van der Waals surface area (Å²) in [5.74, 6) is -0.461. The van der Waals surface area contributed by atoms with Crippen molar-refractivity contribution in [3.8, 4) is 0 Å². The number of fused-ring (bicyclic) bond motifs is 1. The van der Waals surface area contributed by atoms with Crippen LogP contribution in [0.4, 0.5) is 18.9 Å². The van der Waals surface area contributed by atoms with Crippen LogP contribution >= 0.6 is 11.3 Å². The van der Waals surface area contributed by atoms with Crippen LogP contribution in [0.2, 0.25) is 0 Å². The molecule has 0 radical (unpaired) electrons. The molecule has 264 valence electrons. The average Bonchev–Trinajstić information content (AvgIpc) is 3.47. The minimum absolute atomic E-state index is 0.0291. The van der Waals surface area contributed by atoms with E-state index in [1.165, 1.54) is 35.3 Å². The second-order valence-electron chi connectivity index (χ2n) is 12.8. The highest BCUT2D eigenvalue weighted by atomic mass is 32.1. The maximum absolute atomic E-state index is 13.2. The van der Waals surface area contributed by atoms with E-state index in [0.717, 1.165) is 35.8 Å². The summed E-state index contributed by atoms with van der Waals surface area (Å²) in [4.78, 5) is 27.9. The van der Waals surface area contributed by atoms with Crippen LogP contribution in [0.25, 0.3) is 0 Å². The van der Waals surface area contributed by atoms with E-state index < -0.39 is 17.6 Å². The van der Waals surface area contributed by atoms with Gasteiger partial charge in [0.25, 0.3) is 5.91 Å². The fourth-order valence-electron chi connectivity index (χ4n) is 5.07. The quantitative estimate of drug-likeness (QED) is 0.222. The standard InChI is InChI=1S/C22H23F3N2O2S.C10H16.C7H14O/c1-4-13(3)21(29)27-7-6-17-18(12-30-19(17)11-27)20(28)26-16-9-14(5-2)8-15(10-16)22(23,24)25;1-5-6-7-8-10(4)9(2)3;1-3-4-7(2)5-8-6-7/h4,8-10,12H,5-7,11H2,1-3H3,(H,26,28);5-8H,1-4H3;3-6H2,1-2H3/b13-4+;6-5-,8-7-;. The molecule has 4 rings (SSSR count). The van der Waals surface area contributed by atoms with E-state index >= 15 is 0 Å². The zero-order chi connectivity index (χ0) is 36.1. The Morgan fingerprint density at radius 1 is 1.06 bits per heavy atom. The highest BCUT2D eigenvalue weighted by molar-refractivity contribution is 7.10. The van der Waals surface area contributed by atoms with E-state index in [-0.39, 0.29) is 11.6 Å². The van der Waals surface area contributed by atoms with Crippen LogP contribution in [0.15, 0.2) is 70.7 Å². The molecule has 0 bridgehead atoms. The minimum Gasteiger partial charge on any atom is -0.380 e. The number of carbonyl (C=O) groups is 2. The number of ether oxygens (including phenoxy) is 1. The Bertz CT molecular complexity index is 1510. The van der Waals surface area contributed by atoms with E-state index in [0.29, 0.717) is 48.0 Å². The van der Waals surface area contributed by atoms with Crippen LogP contribution in [0, 0.1) is 5.41 Å². The lowest BCUT2D eigenvalue weighted by atomic mass is 9.84. The molecule has 0 saturated carbocycles. The topological polar surface area (TPSA) is 58.6 Å². The van der Waals surface area contributed by atoms with Crippen LogP contribution in [-0.4, -0.2) is 36.5 Å². The largest absolute Gasteiger partial charge is 0.416 e. The number of nitrogens with zero attached hydrogens (tertiary/aromatic N) is 1. The number of amides is 2. The molecule has 1 aromatic carbocycles. The first-order valence-electron chi connectivity index (χ1n) is 16.6. The Morgan fingerprint density at radius 2 is 1.75 bits per heavy atom. The van der Waals surface area contributed by atoms with Gasteiger partial charge >= 0.3 is 6.18 Å². The normalized spacial score (nSPS) is 15.5. The molecule has 2 aliphatic heterocycles. The van der Waals surface area contributed by atoms with Crippen LogP contribution in [0.1, 0.15) is 107 Å².